The number of carbonyl (C=O) groups is 1. The second-order valence-corrected chi connectivity index (χ2v) is 11.0. The molecular weight excluding hydrogens is 541 g/mol. The number of imidazole rings is 2. The number of nitrogens with zero attached hydrogens (tertiary/aromatic N) is 8. The fraction of sp³-hybridized carbons (Fsp3) is 0.172. The number of benzene rings is 1. The van der Waals surface area contributed by atoms with Gasteiger partial charge in [0.05, 0.1) is 35.6 Å². The predicted octanol–water partition coefficient (Wildman–Crippen LogP) is 4.96. The molecule has 204 valence electrons. The highest BCUT2D eigenvalue weighted by Gasteiger charge is 2.29. The van der Waals surface area contributed by atoms with Gasteiger partial charge in [-0.15, -0.1) is 11.3 Å². The van der Waals surface area contributed by atoms with Gasteiger partial charge in [-0.2, -0.15) is 5.10 Å². The lowest BCUT2D eigenvalue weighted by Gasteiger charge is -2.37. The molecule has 12 heteroatoms. The molecule has 1 aromatic carbocycles. The third-order valence-electron chi connectivity index (χ3n) is 7.07. The van der Waals surface area contributed by atoms with Crippen LogP contribution in [0.5, 0.6) is 0 Å². The molecule has 0 bridgehead atoms. The number of rotatable bonds is 6. The van der Waals surface area contributed by atoms with Crippen LogP contribution in [-0.2, 0) is 0 Å². The van der Waals surface area contributed by atoms with E-state index in [1.165, 1.54) is 23.5 Å². The van der Waals surface area contributed by atoms with Crippen molar-refractivity contribution in [1.29, 1.82) is 0 Å². The Kier molecular flexibility index (Phi) is 6.13. The maximum absolute atomic E-state index is 13.7. The van der Waals surface area contributed by atoms with Crippen molar-refractivity contribution in [2.45, 2.75) is 13.0 Å². The van der Waals surface area contributed by atoms with Gasteiger partial charge in [-0.05, 0) is 62.5 Å². The summed E-state index contributed by atoms with van der Waals surface area (Å²) in [6.07, 6.45) is 6.94. The molecule has 1 aliphatic heterocycles. The van der Waals surface area contributed by atoms with Crippen LogP contribution >= 0.6 is 11.3 Å². The van der Waals surface area contributed by atoms with Crippen LogP contribution in [0.1, 0.15) is 21.4 Å². The minimum absolute atomic E-state index is 0.256. The second-order valence-electron chi connectivity index (χ2n) is 10.0. The molecule has 0 saturated carbocycles. The second kappa shape index (κ2) is 9.98. The Labute approximate surface area is 238 Å². The molecule has 0 radical (unpaired) electrons. The highest BCUT2D eigenvalue weighted by molar-refractivity contribution is 7.17. The number of hydrogen-bond acceptors (Lipinski definition) is 8. The number of amides is 1. The van der Waals surface area contributed by atoms with Crippen molar-refractivity contribution in [2.75, 3.05) is 25.5 Å². The highest BCUT2D eigenvalue weighted by Crippen LogP contribution is 2.35. The van der Waals surface area contributed by atoms with E-state index >= 15 is 0 Å². The van der Waals surface area contributed by atoms with Crippen LogP contribution in [0.25, 0.3) is 38.9 Å². The number of halogens is 1. The van der Waals surface area contributed by atoms with E-state index in [1.54, 1.807) is 35.2 Å². The molecule has 1 N–H and O–H groups in total. The molecule has 5 aromatic heterocycles. The first-order valence-corrected chi connectivity index (χ1v) is 13.8. The van der Waals surface area contributed by atoms with Gasteiger partial charge in [0.1, 0.15) is 21.4 Å². The topological polar surface area (TPSA) is 106 Å². The van der Waals surface area contributed by atoms with Gasteiger partial charge < -0.3 is 14.8 Å². The molecular formula is C29H24FN9OS. The van der Waals surface area contributed by atoms with Crippen LogP contribution in [0.2, 0.25) is 0 Å². The Morgan fingerprint density at radius 2 is 1.90 bits per heavy atom. The Morgan fingerprint density at radius 3 is 2.66 bits per heavy atom. The summed E-state index contributed by atoms with van der Waals surface area (Å²) in [5.74, 6) is -0.211. The Hall–Kier alpha value is -4.81. The van der Waals surface area contributed by atoms with Crippen molar-refractivity contribution < 1.29 is 9.18 Å². The average molecular weight is 566 g/mol. The zero-order valence-corrected chi connectivity index (χ0v) is 23.0. The van der Waals surface area contributed by atoms with Gasteiger partial charge in [-0.25, -0.2) is 23.9 Å². The molecule has 1 aliphatic rings. The lowest BCUT2D eigenvalue weighted by molar-refractivity contribution is 0.102. The maximum Gasteiger partial charge on any atom is 0.268 e. The number of thiazole rings is 1. The zero-order valence-electron chi connectivity index (χ0n) is 22.2. The van der Waals surface area contributed by atoms with Crippen molar-refractivity contribution >= 4 is 28.7 Å². The fourth-order valence-corrected chi connectivity index (χ4v) is 5.97. The lowest BCUT2D eigenvalue weighted by atomic mass is 10.1. The Balaban J connectivity index is 1.21. The van der Waals surface area contributed by atoms with E-state index in [0.717, 1.165) is 40.6 Å². The van der Waals surface area contributed by atoms with Crippen molar-refractivity contribution in [3.63, 3.8) is 0 Å². The zero-order chi connectivity index (χ0) is 28.1. The van der Waals surface area contributed by atoms with Gasteiger partial charge in [0.25, 0.3) is 5.91 Å². The van der Waals surface area contributed by atoms with E-state index in [-0.39, 0.29) is 17.8 Å². The first kappa shape index (κ1) is 25.2. The van der Waals surface area contributed by atoms with Crippen LogP contribution in [0.3, 0.4) is 0 Å². The minimum atomic E-state index is -0.301. The van der Waals surface area contributed by atoms with Gasteiger partial charge in [0, 0.05) is 36.6 Å². The average Bonchev–Trinajstić information content (AvgIpc) is 3.68. The molecule has 10 nitrogen and oxygen atoms in total. The van der Waals surface area contributed by atoms with Crippen molar-refractivity contribution in [3.05, 3.63) is 89.8 Å². The summed E-state index contributed by atoms with van der Waals surface area (Å²) in [7, 11) is 2.08. The van der Waals surface area contributed by atoms with Crippen LogP contribution in [0, 0.1) is 12.7 Å². The number of aryl methyl sites for hydroxylation is 1. The van der Waals surface area contributed by atoms with Gasteiger partial charge in [-0.3, -0.25) is 9.78 Å². The summed E-state index contributed by atoms with van der Waals surface area (Å²) in [5, 5.41) is 8.46. The molecule has 1 amide bonds. The summed E-state index contributed by atoms with van der Waals surface area (Å²) in [5.41, 5.74) is 5.15. The third-order valence-corrected chi connectivity index (χ3v) is 8.27. The maximum atomic E-state index is 13.7. The first-order chi connectivity index (χ1) is 19.9. The third kappa shape index (κ3) is 4.66. The molecule has 6 heterocycles. The number of carbonyl (C=O) groups excluding carboxylic acids is 1. The number of likely N-dealkylation sites (tertiary alicyclic amines) is 1. The van der Waals surface area contributed by atoms with E-state index < -0.39 is 0 Å². The molecule has 0 atom stereocenters. The molecule has 1 saturated heterocycles. The van der Waals surface area contributed by atoms with E-state index in [2.05, 4.69) is 36.8 Å². The number of aromatic nitrogens is 7. The number of fused-ring (bicyclic) bond motifs is 1. The standard InChI is InChI=1S/C29H24FN9OS/c1-17-27(41-29(33-17)19-4-3-11-31-12-19)28(40)35-23-15-39-24(34-23)10-9-22(36-39)26-25(18-5-7-20(30)8-6-18)32-16-38(26)21-13-37(2)14-21/h3-12,15-16,21H,13-14H2,1-2H3,(H,35,40). The molecule has 7 rings (SSSR count). The summed E-state index contributed by atoms with van der Waals surface area (Å²) >= 11 is 1.31. The highest BCUT2D eigenvalue weighted by atomic mass is 32.1. The predicted molar refractivity (Wildman–Crippen MR) is 154 cm³/mol. The monoisotopic (exact) mass is 565 g/mol. The number of anilines is 1. The summed E-state index contributed by atoms with van der Waals surface area (Å²) in [4.78, 5) is 33.8. The summed E-state index contributed by atoms with van der Waals surface area (Å²) < 4.78 is 17.4. The summed E-state index contributed by atoms with van der Waals surface area (Å²) in [6.45, 7) is 3.61. The van der Waals surface area contributed by atoms with E-state index in [4.69, 9.17) is 10.1 Å². The smallest absolute Gasteiger partial charge is 0.268 e. The molecule has 1 fully saturated rings. The van der Waals surface area contributed by atoms with Gasteiger partial charge in [0.15, 0.2) is 11.5 Å². The van der Waals surface area contributed by atoms with Crippen molar-refractivity contribution in [1.82, 2.24) is 39.0 Å². The lowest BCUT2D eigenvalue weighted by Crippen LogP contribution is -2.44. The van der Waals surface area contributed by atoms with Crippen LogP contribution in [0.4, 0.5) is 10.2 Å². The van der Waals surface area contributed by atoms with Crippen molar-refractivity contribution in [2.24, 2.45) is 0 Å². The minimum Gasteiger partial charge on any atom is -0.323 e. The largest absolute Gasteiger partial charge is 0.323 e. The molecule has 0 aliphatic carbocycles. The number of likely N-dealkylation sites (N-methyl/N-ethyl adjacent to an activating group) is 1. The fourth-order valence-electron chi connectivity index (χ4n) is 5.01. The molecule has 0 unspecified atom stereocenters. The number of nitrogens with one attached hydrogen (secondary N) is 1. The quantitative estimate of drug-likeness (QED) is 0.304. The van der Waals surface area contributed by atoms with E-state index in [0.29, 0.717) is 27.7 Å². The van der Waals surface area contributed by atoms with Gasteiger partial charge in [0.2, 0.25) is 0 Å². The molecule has 6 aromatic rings. The Morgan fingerprint density at radius 1 is 1.07 bits per heavy atom. The van der Waals surface area contributed by atoms with Gasteiger partial charge >= 0.3 is 0 Å². The first-order valence-electron chi connectivity index (χ1n) is 13.0. The SMILES string of the molecule is Cc1nc(-c2cccnc2)sc1C(=O)Nc1cn2nc(-c3c(-c4ccc(F)cc4)ncn3C3CN(C)C3)ccc2n1. The Bertz CT molecular complexity index is 1890. The van der Waals surface area contributed by atoms with Crippen LogP contribution in [-0.4, -0.2) is 65.1 Å². The molecule has 41 heavy (non-hydrogen) atoms. The van der Waals surface area contributed by atoms with Crippen LogP contribution < -0.4 is 5.32 Å². The number of hydrogen-bond donors (Lipinski definition) is 1. The normalized spacial score (nSPS) is 13.9. The molecule has 0 spiro atoms. The number of pyridine rings is 1. The van der Waals surface area contributed by atoms with Gasteiger partial charge in [-0.1, -0.05) is 0 Å². The van der Waals surface area contributed by atoms with E-state index in [9.17, 15) is 9.18 Å². The van der Waals surface area contributed by atoms with Crippen LogP contribution in [0.15, 0.2) is 73.4 Å². The van der Waals surface area contributed by atoms with E-state index in [1.807, 2.05) is 37.5 Å². The summed E-state index contributed by atoms with van der Waals surface area (Å²) in [6, 6.07) is 14.1. The van der Waals surface area contributed by atoms with Crippen molar-refractivity contribution in [3.8, 4) is 33.2 Å².